The molecule has 8 nitrogen and oxygen atoms in total. The Balaban J connectivity index is 1.40. The number of benzene rings is 2. The second-order valence-electron chi connectivity index (χ2n) is 7.66. The van der Waals surface area contributed by atoms with Crippen LogP contribution in [0.2, 0.25) is 0 Å². The normalized spacial score (nSPS) is 11.2. The van der Waals surface area contributed by atoms with Gasteiger partial charge in [0.15, 0.2) is 5.69 Å². The molecule has 158 valence electrons. The molecule has 0 aliphatic carbocycles. The third-order valence-electron chi connectivity index (χ3n) is 5.45. The predicted molar refractivity (Wildman–Crippen MR) is 123 cm³/mol. The third kappa shape index (κ3) is 3.58. The van der Waals surface area contributed by atoms with Gasteiger partial charge in [0.25, 0.3) is 5.91 Å². The highest BCUT2D eigenvalue weighted by Crippen LogP contribution is 2.23. The number of nitrogen functional groups attached to an aromatic ring is 1. The molecule has 0 unspecified atom stereocenters. The summed E-state index contributed by atoms with van der Waals surface area (Å²) in [4.78, 5) is 19.5. The van der Waals surface area contributed by atoms with Crippen molar-refractivity contribution in [2.24, 2.45) is 5.73 Å². The van der Waals surface area contributed by atoms with E-state index in [1.807, 2.05) is 13.0 Å². The van der Waals surface area contributed by atoms with Crippen LogP contribution in [-0.4, -0.2) is 30.2 Å². The van der Waals surface area contributed by atoms with Crippen molar-refractivity contribution in [1.29, 1.82) is 0 Å². The molecule has 5 rings (SSSR count). The Hall–Kier alpha value is -4.46. The van der Waals surface area contributed by atoms with Crippen LogP contribution in [0.1, 0.15) is 21.7 Å². The largest absolute Gasteiger partial charge is 0.368 e. The summed E-state index contributed by atoms with van der Waals surface area (Å²) in [5.41, 5.74) is 17.2. The first kappa shape index (κ1) is 19.5. The van der Waals surface area contributed by atoms with E-state index in [9.17, 15) is 4.79 Å². The fourth-order valence-corrected chi connectivity index (χ4v) is 3.80. The van der Waals surface area contributed by atoms with E-state index >= 15 is 0 Å². The number of nitrogens with two attached hydrogens (primary N) is 2. The zero-order valence-electron chi connectivity index (χ0n) is 17.4. The highest BCUT2D eigenvalue weighted by atomic mass is 16.1. The zero-order valence-corrected chi connectivity index (χ0v) is 17.4. The fourth-order valence-electron chi connectivity index (χ4n) is 3.80. The minimum atomic E-state index is -0.533. The zero-order chi connectivity index (χ0) is 22.2. The van der Waals surface area contributed by atoms with Gasteiger partial charge in [-0.25, -0.2) is 14.6 Å². The van der Waals surface area contributed by atoms with Crippen LogP contribution in [0, 0.1) is 6.92 Å². The number of aromatic nitrogens is 5. The summed E-state index contributed by atoms with van der Waals surface area (Å²) in [7, 11) is 0. The number of hydrogen-bond acceptors (Lipinski definition) is 5. The number of amides is 1. The topological polar surface area (TPSA) is 118 Å². The fraction of sp³-hybridized carbons (Fsp3) is 0.0833. The van der Waals surface area contributed by atoms with E-state index in [1.165, 1.54) is 5.56 Å². The van der Waals surface area contributed by atoms with Crippen LogP contribution in [0.25, 0.3) is 27.7 Å². The van der Waals surface area contributed by atoms with Gasteiger partial charge in [0.2, 0.25) is 5.95 Å². The average Bonchev–Trinajstić information content (AvgIpc) is 3.38. The molecule has 3 heterocycles. The van der Waals surface area contributed by atoms with E-state index < -0.39 is 5.91 Å². The first-order valence-corrected chi connectivity index (χ1v) is 10.1. The molecule has 5 aromatic rings. The highest BCUT2D eigenvalue weighted by Gasteiger charge is 2.11. The predicted octanol–water partition coefficient (Wildman–Crippen LogP) is 3.32. The Morgan fingerprint density at radius 1 is 0.969 bits per heavy atom. The first-order valence-electron chi connectivity index (χ1n) is 10.1. The number of fused-ring (bicyclic) bond motifs is 1. The maximum absolute atomic E-state index is 11.4. The van der Waals surface area contributed by atoms with Crippen LogP contribution in [0.5, 0.6) is 0 Å². The van der Waals surface area contributed by atoms with Crippen molar-refractivity contribution in [3.8, 4) is 16.8 Å². The minimum Gasteiger partial charge on any atom is -0.368 e. The van der Waals surface area contributed by atoms with E-state index in [2.05, 4.69) is 68.3 Å². The van der Waals surface area contributed by atoms with E-state index in [0.29, 0.717) is 0 Å². The van der Waals surface area contributed by atoms with Crippen molar-refractivity contribution in [2.75, 3.05) is 5.73 Å². The molecule has 0 spiro atoms. The Labute approximate surface area is 184 Å². The number of carbonyl (C=O) groups is 1. The van der Waals surface area contributed by atoms with E-state index in [-0.39, 0.29) is 11.6 Å². The maximum atomic E-state index is 11.4. The van der Waals surface area contributed by atoms with Gasteiger partial charge in [0.05, 0.1) is 5.69 Å². The van der Waals surface area contributed by atoms with Gasteiger partial charge in [-0.3, -0.25) is 4.79 Å². The molecule has 0 radical (unpaired) electrons. The number of aryl methyl sites for hydroxylation is 1. The molecule has 0 saturated carbocycles. The monoisotopic (exact) mass is 423 g/mol. The molecule has 32 heavy (non-hydrogen) atoms. The SMILES string of the molecule is Cc1cc(C(N)=O)nn1-c1ccc2c(ccn2Cc2ccc(-c3cnc(N)nc3)cc2)c1. The quantitative estimate of drug-likeness (QED) is 0.450. The first-order chi connectivity index (χ1) is 15.5. The van der Waals surface area contributed by atoms with E-state index in [0.717, 1.165) is 40.0 Å². The third-order valence-corrected chi connectivity index (χ3v) is 5.45. The molecule has 1 amide bonds. The molecular formula is C24H21N7O. The average molecular weight is 423 g/mol. The molecule has 4 N–H and O–H groups in total. The number of carbonyl (C=O) groups excluding carboxylic acids is 1. The lowest BCUT2D eigenvalue weighted by molar-refractivity contribution is 0.0995. The molecule has 3 aromatic heterocycles. The van der Waals surface area contributed by atoms with Gasteiger partial charge in [0, 0.05) is 47.3 Å². The second-order valence-corrected chi connectivity index (χ2v) is 7.66. The summed E-state index contributed by atoms with van der Waals surface area (Å²) >= 11 is 0. The standard InChI is InChI=1S/C24H21N7O/c1-15-10-21(23(25)32)29-31(15)20-6-7-22-18(11-20)8-9-30(22)14-16-2-4-17(5-3-16)19-12-27-24(26)28-13-19/h2-13H,14H2,1H3,(H2,25,32)(H2,26,27,28). The molecular weight excluding hydrogens is 402 g/mol. The Morgan fingerprint density at radius 3 is 2.41 bits per heavy atom. The van der Waals surface area contributed by atoms with Gasteiger partial charge in [0.1, 0.15) is 0 Å². The van der Waals surface area contributed by atoms with Crippen LogP contribution >= 0.6 is 0 Å². The number of hydrogen-bond donors (Lipinski definition) is 2. The lowest BCUT2D eigenvalue weighted by Crippen LogP contribution is -2.12. The number of nitrogens with zero attached hydrogens (tertiary/aromatic N) is 5. The highest BCUT2D eigenvalue weighted by molar-refractivity contribution is 5.91. The van der Waals surface area contributed by atoms with Crippen LogP contribution in [0.3, 0.4) is 0 Å². The number of anilines is 1. The van der Waals surface area contributed by atoms with Crippen LogP contribution in [-0.2, 0) is 6.54 Å². The smallest absolute Gasteiger partial charge is 0.269 e. The van der Waals surface area contributed by atoms with Gasteiger partial charge in [-0.2, -0.15) is 5.10 Å². The van der Waals surface area contributed by atoms with Crippen molar-refractivity contribution in [1.82, 2.24) is 24.3 Å². The molecule has 0 aliphatic rings. The van der Waals surface area contributed by atoms with E-state index in [4.69, 9.17) is 11.5 Å². The van der Waals surface area contributed by atoms with Gasteiger partial charge < -0.3 is 16.0 Å². The number of primary amides is 1. The lowest BCUT2D eigenvalue weighted by Gasteiger charge is -2.09. The van der Waals surface area contributed by atoms with Crippen molar-refractivity contribution < 1.29 is 4.79 Å². The van der Waals surface area contributed by atoms with Crippen LogP contribution < -0.4 is 11.5 Å². The molecule has 0 bridgehead atoms. The van der Waals surface area contributed by atoms with Gasteiger partial charge in [-0.15, -0.1) is 0 Å². The summed E-state index contributed by atoms with van der Waals surface area (Å²) in [6.45, 7) is 2.64. The molecule has 0 atom stereocenters. The molecule has 0 aliphatic heterocycles. The Bertz CT molecular complexity index is 1430. The van der Waals surface area contributed by atoms with Gasteiger partial charge >= 0.3 is 0 Å². The van der Waals surface area contributed by atoms with Crippen LogP contribution in [0.4, 0.5) is 5.95 Å². The molecule has 0 saturated heterocycles. The van der Waals surface area contributed by atoms with Crippen molar-refractivity contribution in [3.63, 3.8) is 0 Å². The van der Waals surface area contributed by atoms with Crippen molar-refractivity contribution >= 4 is 22.8 Å². The maximum Gasteiger partial charge on any atom is 0.269 e. The Kier molecular flexibility index (Phi) is 4.67. The summed E-state index contributed by atoms with van der Waals surface area (Å²) in [6.07, 6.45) is 5.52. The molecule has 0 fully saturated rings. The van der Waals surface area contributed by atoms with Crippen molar-refractivity contribution in [3.05, 3.63) is 90.1 Å². The van der Waals surface area contributed by atoms with Crippen LogP contribution in [0.15, 0.2) is 73.2 Å². The van der Waals surface area contributed by atoms with Crippen molar-refractivity contribution in [2.45, 2.75) is 13.5 Å². The Morgan fingerprint density at radius 2 is 1.72 bits per heavy atom. The molecule has 2 aromatic carbocycles. The lowest BCUT2D eigenvalue weighted by atomic mass is 10.1. The van der Waals surface area contributed by atoms with Gasteiger partial charge in [-0.05, 0) is 48.4 Å². The second kappa shape index (κ2) is 7.66. The molecule has 8 heteroatoms. The number of rotatable bonds is 5. The summed E-state index contributed by atoms with van der Waals surface area (Å²) in [5, 5.41) is 5.41. The summed E-state index contributed by atoms with van der Waals surface area (Å²) < 4.78 is 3.93. The minimum absolute atomic E-state index is 0.258. The summed E-state index contributed by atoms with van der Waals surface area (Å²) in [6, 6.07) is 18.2. The van der Waals surface area contributed by atoms with E-state index in [1.54, 1.807) is 23.1 Å². The summed E-state index contributed by atoms with van der Waals surface area (Å²) in [5.74, 6) is -0.266. The van der Waals surface area contributed by atoms with Gasteiger partial charge in [-0.1, -0.05) is 24.3 Å².